The van der Waals surface area contributed by atoms with Gasteiger partial charge in [0.2, 0.25) is 0 Å². The Balaban J connectivity index is 2.00. The van der Waals surface area contributed by atoms with Crippen LogP contribution in [0.5, 0.6) is 0 Å². The summed E-state index contributed by atoms with van der Waals surface area (Å²) in [4.78, 5) is 4.29. The minimum Gasteiger partial charge on any atom is -0.327 e. The fraction of sp³-hybridized carbons (Fsp3) is 0.818. The number of aryl methyl sites for hydroxylation is 1. The van der Waals surface area contributed by atoms with E-state index in [2.05, 4.69) is 23.9 Å². The molecule has 2 N–H and O–H groups in total. The summed E-state index contributed by atoms with van der Waals surface area (Å²) in [6.07, 6.45) is 6.10. The lowest BCUT2D eigenvalue weighted by molar-refractivity contribution is 0.415. The highest BCUT2D eigenvalue weighted by Crippen LogP contribution is 2.47. The topological polar surface area (TPSA) is 56.7 Å². The van der Waals surface area contributed by atoms with E-state index in [4.69, 9.17) is 5.73 Å². The molecule has 0 radical (unpaired) electrons. The van der Waals surface area contributed by atoms with Crippen molar-refractivity contribution in [3.8, 4) is 0 Å². The van der Waals surface area contributed by atoms with Gasteiger partial charge in [0.1, 0.15) is 12.2 Å². The Labute approximate surface area is 90.9 Å². The number of hydrogen-bond acceptors (Lipinski definition) is 3. The molecule has 1 aliphatic carbocycles. The molecule has 0 aliphatic heterocycles. The molecule has 0 amide bonds. The smallest absolute Gasteiger partial charge is 0.138 e. The van der Waals surface area contributed by atoms with Gasteiger partial charge in [-0.25, -0.2) is 4.98 Å². The molecule has 1 aliphatic rings. The van der Waals surface area contributed by atoms with Gasteiger partial charge in [-0.3, -0.25) is 4.68 Å². The van der Waals surface area contributed by atoms with Crippen molar-refractivity contribution in [3.05, 3.63) is 12.2 Å². The molecule has 1 unspecified atom stereocenters. The Morgan fingerprint density at radius 3 is 2.93 bits per heavy atom. The van der Waals surface area contributed by atoms with Crippen LogP contribution in [0.25, 0.3) is 0 Å². The Morgan fingerprint density at radius 1 is 1.60 bits per heavy atom. The predicted octanol–water partition coefficient (Wildman–Crippen LogP) is 1.36. The SMILES string of the molecule is CCCn1ncnc1CC(N)C1(C)CC1. The molecule has 1 heterocycles. The molecule has 1 atom stereocenters. The fourth-order valence-corrected chi connectivity index (χ4v) is 1.86. The monoisotopic (exact) mass is 208 g/mol. The maximum absolute atomic E-state index is 6.19. The molecular weight excluding hydrogens is 188 g/mol. The number of rotatable bonds is 5. The molecule has 0 aromatic carbocycles. The Hall–Kier alpha value is -0.900. The zero-order chi connectivity index (χ0) is 10.9. The summed E-state index contributed by atoms with van der Waals surface area (Å²) in [5.41, 5.74) is 6.55. The van der Waals surface area contributed by atoms with Gasteiger partial charge in [0.15, 0.2) is 0 Å². The normalized spacial score (nSPS) is 20.2. The minimum absolute atomic E-state index is 0.234. The van der Waals surface area contributed by atoms with Gasteiger partial charge in [0, 0.05) is 19.0 Å². The van der Waals surface area contributed by atoms with Crippen LogP contribution in [0, 0.1) is 5.41 Å². The summed E-state index contributed by atoms with van der Waals surface area (Å²) in [6, 6.07) is 0.234. The van der Waals surface area contributed by atoms with Crippen molar-refractivity contribution in [2.45, 2.75) is 52.1 Å². The van der Waals surface area contributed by atoms with Crippen LogP contribution >= 0.6 is 0 Å². The van der Waals surface area contributed by atoms with Crippen molar-refractivity contribution in [2.75, 3.05) is 0 Å². The van der Waals surface area contributed by atoms with E-state index in [-0.39, 0.29) is 6.04 Å². The van der Waals surface area contributed by atoms with E-state index in [1.807, 2.05) is 4.68 Å². The van der Waals surface area contributed by atoms with Crippen LogP contribution in [0.3, 0.4) is 0 Å². The molecule has 4 heteroatoms. The molecule has 1 aromatic heterocycles. The summed E-state index contributed by atoms with van der Waals surface area (Å²) in [5, 5.41) is 4.21. The Kier molecular flexibility index (Phi) is 2.78. The standard InChI is InChI=1S/C11H20N4/c1-3-6-15-10(13-8-14-15)7-9(12)11(2)4-5-11/h8-9H,3-7,12H2,1-2H3. The molecule has 84 valence electrons. The van der Waals surface area contributed by atoms with E-state index < -0.39 is 0 Å². The molecule has 1 fully saturated rings. The largest absolute Gasteiger partial charge is 0.327 e. The van der Waals surface area contributed by atoms with Crippen LogP contribution < -0.4 is 5.73 Å². The second-order valence-corrected chi connectivity index (χ2v) is 4.86. The summed E-state index contributed by atoms with van der Waals surface area (Å²) in [7, 11) is 0. The third-order valence-electron chi connectivity index (χ3n) is 3.47. The predicted molar refractivity (Wildman–Crippen MR) is 59.3 cm³/mol. The van der Waals surface area contributed by atoms with Gasteiger partial charge in [0.25, 0.3) is 0 Å². The van der Waals surface area contributed by atoms with Gasteiger partial charge in [-0.15, -0.1) is 0 Å². The zero-order valence-corrected chi connectivity index (χ0v) is 9.61. The molecule has 2 rings (SSSR count). The molecule has 0 saturated heterocycles. The highest BCUT2D eigenvalue weighted by Gasteiger charge is 2.43. The molecule has 0 bridgehead atoms. The van der Waals surface area contributed by atoms with E-state index in [1.54, 1.807) is 6.33 Å². The van der Waals surface area contributed by atoms with Gasteiger partial charge in [-0.2, -0.15) is 5.10 Å². The second-order valence-electron chi connectivity index (χ2n) is 4.86. The van der Waals surface area contributed by atoms with Crippen molar-refractivity contribution in [3.63, 3.8) is 0 Å². The third-order valence-corrected chi connectivity index (χ3v) is 3.47. The molecule has 4 nitrogen and oxygen atoms in total. The van der Waals surface area contributed by atoms with Crippen LogP contribution in [-0.4, -0.2) is 20.8 Å². The molecule has 15 heavy (non-hydrogen) atoms. The van der Waals surface area contributed by atoms with Crippen LogP contribution in [-0.2, 0) is 13.0 Å². The average Bonchev–Trinajstić information content (AvgIpc) is 2.81. The van der Waals surface area contributed by atoms with E-state index in [9.17, 15) is 0 Å². The molecule has 0 spiro atoms. The quantitative estimate of drug-likeness (QED) is 0.795. The van der Waals surface area contributed by atoms with Crippen molar-refractivity contribution in [1.82, 2.24) is 14.8 Å². The fourth-order valence-electron chi connectivity index (χ4n) is 1.86. The van der Waals surface area contributed by atoms with Gasteiger partial charge in [-0.05, 0) is 24.7 Å². The lowest BCUT2D eigenvalue weighted by Gasteiger charge is -2.18. The first-order valence-electron chi connectivity index (χ1n) is 5.78. The van der Waals surface area contributed by atoms with Crippen LogP contribution in [0.1, 0.15) is 38.9 Å². The average molecular weight is 208 g/mol. The first-order valence-corrected chi connectivity index (χ1v) is 5.78. The lowest BCUT2D eigenvalue weighted by Crippen LogP contribution is -2.33. The maximum Gasteiger partial charge on any atom is 0.138 e. The lowest BCUT2D eigenvalue weighted by atomic mass is 9.97. The first-order chi connectivity index (χ1) is 7.15. The van der Waals surface area contributed by atoms with E-state index >= 15 is 0 Å². The van der Waals surface area contributed by atoms with Crippen molar-refractivity contribution in [1.29, 1.82) is 0 Å². The number of hydrogen-bond donors (Lipinski definition) is 1. The number of nitrogens with zero attached hydrogens (tertiary/aromatic N) is 3. The van der Waals surface area contributed by atoms with Crippen molar-refractivity contribution in [2.24, 2.45) is 11.1 Å². The first kappa shape index (κ1) is 10.6. The number of aromatic nitrogens is 3. The van der Waals surface area contributed by atoms with Gasteiger partial charge < -0.3 is 5.73 Å². The summed E-state index contributed by atoms with van der Waals surface area (Å²) >= 11 is 0. The van der Waals surface area contributed by atoms with Crippen molar-refractivity contribution < 1.29 is 0 Å². The second kappa shape index (κ2) is 3.93. The summed E-state index contributed by atoms with van der Waals surface area (Å²) in [5.74, 6) is 1.04. The maximum atomic E-state index is 6.19. The Bertz CT molecular complexity index is 327. The van der Waals surface area contributed by atoms with Crippen molar-refractivity contribution >= 4 is 0 Å². The molecular formula is C11H20N4. The minimum atomic E-state index is 0.234. The van der Waals surface area contributed by atoms with Crippen LogP contribution in [0.15, 0.2) is 6.33 Å². The van der Waals surface area contributed by atoms with Gasteiger partial charge >= 0.3 is 0 Å². The highest BCUT2D eigenvalue weighted by atomic mass is 15.3. The van der Waals surface area contributed by atoms with E-state index in [0.29, 0.717) is 5.41 Å². The van der Waals surface area contributed by atoms with E-state index in [0.717, 1.165) is 25.2 Å². The van der Waals surface area contributed by atoms with Gasteiger partial charge in [-0.1, -0.05) is 13.8 Å². The highest BCUT2D eigenvalue weighted by molar-refractivity contribution is 5.02. The van der Waals surface area contributed by atoms with Crippen LogP contribution in [0.4, 0.5) is 0 Å². The summed E-state index contributed by atoms with van der Waals surface area (Å²) < 4.78 is 1.98. The van der Waals surface area contributed by atoms with Gasteiger partial charge in [0.05, 0.1) is 0 Å². The third kappa shape index (κ3) is 2.20. The Morgan fingerprint density at radius 2 is 2.33 bits per heavy atom. The van der Waals surface area contributed by atoms with Crippen LogP contribution in [0.2, 0.25) is 0 Å². The molecule has 1 saturated carbocycles. The van der Waals surface area contributed by atoms with E-state index in [1.165, 1.54) is 12.8 Å². The molecule has 1 aromatic rings. The zero-order valence-electron chi connectivity index (χ0n) is 9.61. The number of nitrogens with two attached hydrogens (primary N) is 1. The summed E-state index contributed by atoms with van der Waals surface area (Å²) in [6.45, 7) is 5.35.